The summed E-state index contributed by atoms with van der Waals surface area (Å²) < 4.78 is 31.8. The van der Waals surface area contributed by atoms with Crippen molar-refractivity contribution >= 4 is 38.6 Å². The van der Waals surface area contributed by atoms with E-state index in [4.69, 9.17) is 16.3 Å². The molecule has 20 heavy (non-hydrogen) atoms. The number of thiazole rings is 1. The summed E-state index contributed by atoms with van der Waals surface area (Å²) in [6.07, 6.45) is 0. The summed E-state index contributed by atoms with van der Waals surface area (Å²) in [6.45, 7) is 1.62. The van der Waals surface area contributed by atoms with Gasteiger partial charge in [0.25, 0.3) is 10.0 Å². The summed E-state index contributed by atoms with van der Waals surface area (Å²) in [4.78, 5) is 3.94. The quantitative estimate of drug-likeness (QED) is 0.863. The molecule has 0 saturated carbocycles. The van der Waals surface area contributed by atoms with E-state index in [1.54, 1.807) is 31.2 Å². The highest BCUT2D eigenvalue weighted by Crippen LogP contribution is 2.32. The fourth-order valence-corrected chi connectivity index (χ4v) is 4.74. The second kappa shape index (κ2) is 5.59. The predicted octanol–water partition coefficient (Wildman–Crippen LogP) is 2.94. The first kappa shape index (κ1) is 15.1. The highest BCUT2D eigenvalue weighted by molar-refractivity contribution is 7.94. The molecule has 2 rings (SSSR count). The van der Waals surface area contributed by atoms with Crippen molar-refractivity contribution < 1.29 is 13.2 Å². The van der Waals surface area contributed by atoms with Crippen LogP contribution in [-0.2, 0) is 10.0 Å². The Morgan fingerprint density at radius 3 is 2.65 bits per heavy atom. The van der Waals surface area contributed by atoms with Gasteiger partial charge in [-0.2, -0.15) is 0 Å². The molecular formula is C12H13ClN2O3S2. The van der Waals surface area contributed by atoms with Crippen LogP contribution in [0.4, 0.5) is 5.69 Å². The molecule has 108 valence electrons. The summed E-state index contributed by atoms with van der Waals surface area (Å²) in [5.41, 5.74) is 0.906. The number of benzene rings is 1. The lowest BCUT2D eigenvalue weighted by Gasteiger charge is -2.19. The second-order valence-corrected chi connectivity index (χ2v) is 7.76. The van der Waals surface area contributed by atoms with E-state index in [1.165, 1.54) is 18.5 Å². The van der Waals surface area contributed by atoms with Crippen molar-refractivity contribution in [1.82, 2.24) is 4.98 Å². The van der Waals surface area contributed by atoms with E-state index in [9.17, 15) is 8.42 Å². The number of nitrogens with zero attached hydrogens (tertiary/aromatic N) is 2. The number of aryl methyl sites for hydroxylation is 1. The van der Waals surface area contributed by atoms with Crippen LogP contribution in [0.2, 0.25) is 4.47 Å². The molecule has 0 unspecified atom stereocenters. The van der Waals surface area contributed by atoms with Crippen molar-refractivity contribution in [2.24, 2.45) is 0 Å². The van der Waals surface area contributed by atoms with Crippen molar-refractivity contribution in [2.45, 2.75) is 11.1 Å². The van der Waals surface area contributed by atoms with Crippen LogP contribution in [-0.4, -0.2) is 27.6 Å². The van der Waals surface area contributed by atoms with Gasteiger partial charge in [0, 0.05) is 13.1 Å². The van der Waals surface area contributed by atoms with Crippen molar-refractivity contribution in [3.8, 4) is 5.75 Å². The molecule has 8 heteroatoms. The Kier molecular flexibility index (Phi) is 4.22. The fraction of sp³-hybridized carbons (Fsp3) is 0.250. The minimum Gasteiger partial charge on any atom is -0.497 e. The fourth-order valence-electron chi connectivity index (χ4n) is 1.66. The summed E-state index contributed by atoms with van der Waals surface area (Å²) in [6, 6.07) is 6.82. The monoisotopic (exact) mass is 332 g/mol. The summed E-state index contributed by atoms with van der Waals surface area (Å²) in [7, 11) is -0.666. The van der Waals surface area contributed by atoms with E-state index in [0.29, 0.717) is 17.1 Å². The number of anilines is 1. The van der Waals surface area contributed by atoms with E-state index in [0.717, 1.165) is 11.3 Å². The van der Waals surface area contributed by atoms with E-state index in [1.807, 2.05) is 0 Å². The molecule has 0 aliphatic heterocycles. The van der Waals surface area contributed by atoms with Crippen LogP contribution < -0.4 is 9.04 Å². The predicted molar refractivity (Wildman–Crippen MR) is 80.4 cm³/mol. The molecule has 0 spiro atoms. The van der Waals surface area contributed by atoms with Gasteiger partial charge in [0.15, 0.2) is 8.68 Å². The maximum absolute atomic E-state index is 12.6. The largest absolute Gasteiger partial charge is 0.497 e. The van der Waals surface area contributed by atoms with Crippen LogP contribution in [0, 0.1) is 6.92 Å². The Balaban J connectivity index is 2.45. The molecule has 0 saturated heterocycles. The Labute approximate surface area is 126 Å². The number of hydrogen-bond acceptors (Lipinski definition) is 5. The average Bonchev–Trinajstić information content (AvgIpc) is 2.77. The van der Waals surface area contributed by atoms with Gasteiger partial charge in [-0.1, -0.05) is 29.0 Å². The van der Waals surface area contributed by atoms with Crippen molar-refractivity contribution in [2.75, 3.05) is 18.5 Å². The first-order chi connectivity index (χ1) is 9.36. The van der Waals surface area contributed by atoms with E-state index < -0.39 is 10.0 Å². The van der Waals surface area contributed by atoms with Crippen LogP contribution in [0.3, 0.4) is 0 Å². The normalized spacial score (nSPS) is 11.4. The first-order valence-corrected chi connectivity index (χ1v) is 8.25. The van der Waals surface area contributed by atoms with E-state index >= 15 is 0 Å². The molecular weight excluding hydrogens is 320 g/mol. The zero-order valence-electron chi connectivity index (χ0n) is 11.1. The maximum Gasteiger partial charge on any atom is 0.275 e. The van der Waals surface area contributed by atoms with Gasteiger partial charge in [-0.25, -0.2) is 13.4 Å². The molecule has 5 nitrogen and oxygen atoms in total. The van der Waals surface area contributed by atoms with Gasteiger partial charge in [0.1, 0.15) is 5.75 Å². The number of hydrogen-bond donors (Lipinski definition) is 0. The Morgan fingerprint density at radius 1 is 1.40 bits per heavy atom. The lowest BCUT2D eigenvalue weighted by Crippen LogP contribution is -2.26. The van der Waals surface area contributed by atoms with Crippen LogP contribution in [0.5, 0.6) is 5.75 Å². The third-order valence-corrected chi connectivity index (χ3v) is 6.37. The SMILES string of the molecule is COc1cccc(N(C)S(=O)(=O)c2sc(Cl)nc2C)c1. The Hall–Kier alpha value is -1.31. The minimum atomic E-state index is -3.68. The molecule has 1 aromatic carbocycles. The van der Waals surface area contributed by atoms with Gasteiger partial charge < -0.3 is 4.74 Å². The number of ether oxygens (including phenoxy) is 1. The topological polar surface area (TPSA) is 59.5 Å². The summed E-state index contributed by atoms with van der Waals surface area (Å²) in [5.74, 6) is 0.587. The smallest absolute Gasteiger partial charge is 0.275 e. The van der Waals surface area contributed by atoms with Crippen LogP contribution in [0.15, 0.2) is 28.5 Å². The van der Waals surface area contributed by atoms with Gasteiger partial charge >= 0.3 is 0 Å². The molecule has 0 N–H and O–H groups in total. The number of sulfonamides is 1. The van der Waals surface area contributed by atoms with Crippen molar-refractivity contribution in [3.63, 3.8) is 0 Å². The van der Waals surface area contributed by atoms with Crippen molar-refractivity contribution in [1.29, 1.82) is 0 Å². The van der Waals surface area contributed by atoms with Gasteiger partial charge in [-0.15, -0.1) is 0 Å². The van der Waals surface area contributed by atoms with Crippen LogP contribution >= 0.6 is 22.9 Å². The molecule has 0 radical (unpaired) electrons. The number of aromatic nitrogens is 1. The number of rotatable bonds is 4. The molecule has 0 aliphatic rings. The summed E-state index contributed by atoms with van der Waals surface area (Å²) in [5, 5.41) is 0. The van der Waals surface area contributed by atoms with E-state index in [-0.39, 0.29) is 8.68 Å². The number of methoxy groups -OCH3 is 1. The lowest BCUT2D eigenvalue weighted by molar-refractivity contribution is 0.415. The lowest BCUT2D eigenvalue weighted by atomic mass is 10.3. The third-order valence-electron chi connectivity index (χ3n) is 2.74. The van der Waals surface area contributed by atoms with Gasteiger partial charge in [-0.3, -0.25) is 4.31 Å². The molecule has 1 heterocycles. The molecule has 0 amide bonds. The highest BCUT2D eigenvalue weighted by atomic mass is 35.5. The molecule has 0 atom stereocenters. The molecule has 0 fully saturated rings. The Morgan fingerprint density at radius 2 is 2.10 bits per heavy atom. The van der Waals surface area contributed by atoms with Crippen LogP contribution in [0.25, 0.3) is 0 Å². The number of halogens is 1. The standard InChI is InChI=1S/C12H13ClN2O3S2/c1-8-11(19-12(13)14-8)20(16,17)15(2)9-5-4-6-10(7-9)18-3/h4-7H,1-3H3. The van der Waals surface area contributed by atoms with Gasteiger partial charge in [-0.05, 0) is 19.1 Å². The first-order valence-electron chi connectivity index (χ1n) is 5.62. The Bertz CT molecular complexity index is 728. The van der Waals surface area contributed by atoms with E-state index in [2.05, 4.69) is 4.98 Å². The zero-order chi connectivity index (χ0) is 14.9. The maximum atomic E-state index is 12.6. The minimum absolute atomic E-state index is 0.146. The van der Waals surface area contributed by atoms with Gasteiger partial charge in [0.2, 0.25) is 0 Å². The third kappa shape index (κ3) is 2.74. The van der Waals surface area contributed by atoms with Crippen molar-refractivity contribution in [3.05, 3.63) is 34.4 Å². The molecule has 0 aliphatic carbocycles. The molecule has 0 bridgehead atoms. The zero-order valence-corrected chi connectivity index (χ0v) is 13.5. The second-order valence-electron chi connectivity index (χ2n) is 4.01. The molecule has 1 aromatic heterocycles. The molecule has 2 aromatic rings. The average molecular weight is 333 g/mol. The van der Waals surface area contributed by atoms with Gasteiger partial charge in [0.05, 0.1) is 18.5 Å². The summed E-state index contributed by atoms with van der Waals surface area (Å²) >= 11 is 6.72. The highest BCUT2D eigenvalue weighted by Gasteiger charge is 2.26. The van der Waals surface area contributed by atoms with Crippen LogP contribution in [0.1, 0.15) is 5.69 Å².